The summed E-state index contributed by atoms with van der Waals surface area (Å²) < 4.78 is 5.08. The van der Waals surface area contributed by atoms with Gasteiger partial charge in [-0.05, 0) is 24.1 Å². The second-order valence-corrected chi connectivity index (χ2v) is 3.28. The van der Waals surface area contributed by atoms with Gasteiger partial charge in [-0.15, -0.1) is 12.4 Å². The van der Waals surface area contributed by atoms with Gasteiger partial charge in [-0.3, -0.25) is 0 Å². The third-order valence-electron chi connectivity index (χ3n) is 2.31. The third kappa shape index (κ3) is 3.70. The van der Waals surface area contributed by atoms with Crippen LogP contribution in [0.25, 0.3) is 0 Å². The van der Waals surface area contributed by atoms with Crippen molar-refractivity contribution in [1.82, 2.24) is 0 Å². The quantitative estimate of drug-likeness (QED) is 0.832. The van der Waals surface area contributed by atoms with Crippen LogP contribution in [-0.2, 0) is 0 Å². The van der Waals surface area contributed by atoms with Gasteiger partial charge < -0.3 is 15.6 Å². The molecule has 0 radical (unpaired) electrons. The molecule has 1 aromatic rings. The monoisotopic (exact) mass is 231 g/mol. The SMILES string of the molecule is CC[C@@H](O)[C@@H](N)c1cccc(OC)c1.Cl. The van der Waals surface area contributed by atoms with E-state index in [2.05, 4.69) is 0 Å². The molecule has 0 aliphatic carbocycles. The number of hydrogen-bond donors (Lipinski definition) is 2. The number of aliphatic hydroxyl groups is 1. The normalized spacial score (nSPS) is 13.9. The summed E-state index contributed by atoms with van der Waals surface area (Å²) in [6.45, 7) is 1.91. The zero-order valence-corrected chi connectivity index (χ0v) is 9.83. The van der Waals surface area contributed by atoms with E-state index in [0.29, 0.717) is 6.42 Å². The Bertz CT molecular complexity index is 294. The van der Waals surface area contributed by atoms with Crippen LogP contribution in [0.5, 0.6) is 5.75 Å². The zero-order valence-electron chi connectivity index (χ0n) is 9.01. The Morgan fingerprint density at radius 1 is 1.47 bits per heavy atom. The van der Waals surface area contributed by atoms with Gasteiger partial charge in [0.15, 0.2) is 0 Å². The molecule has 0 aliphatic rings. The molecule has 0 fully saturated rings. The second-order valence-electron chi connectivity index (χ2n) is 3.28. The summed E-state index contributed by atoms with van der Waals surface area (Å²) in [4.78, 5) is 0. The van der Waals surface area contributed by atoms with Crippen LogP contribution in [0.15, 0.2) is 24.3 Å². The predicted molar refractivity (Wildman–Crippen MR) is 63.5 cm³/mol. The average Bonchev–Trinajstić information content (AvgIpc) is 2.27. The molecule has 3 N–H and O–H groups in total. The van der Waals surface area contributed by atoms with Crippen LogP contribution in [-0.4, -0.2) is 18.3 Å². The highest BCUT2D eigenvalue weighted by Gasteiger charge is 2.14. The number of halogens is 1. The Morgan fingerprint density at radius 2 is 2.13 bits per heavy atom. The summed E-state index contributed by atoms with van der Waals surface area (Å²) >= 11 is 0. The highest BCUT2D eigenvalue weighted by atomic mass is 35.5. The first-order valence-electron chi connectivity index (χ1n) is 4.76. The number of aliphatic hydroxyl groups excluding tert-OH is 1. The first-order valence-corrected chi connectivity index (χ1v) is 4.76. The molecule has 0 aliphatic heterocycles. The molecule has 0 heterocycles. The first-order chi connectivity index (χ1) is 6.69. The van der Waals surface area contributed by atoms with Gasteiger partial charge in [0.1, 0.15) is 5.75 Å². The summed E-state index contributed by atoms with van der Waals surface area (Å²) in [6, 6.07) is 7.13. The third-order valence-corrected chi connectivity index (χ3v) is 2.31. The molecule has 0 saturated carbocycles. The van der Waals surface area contributed by atoms with Crippen LogP contribution in [0.1, 0.15) is 24.9 Å². The van der Waals surface area contributed by atoms with Crippen molar-refractivity contribution in [3.8, 4) is 5.75 Å². The lowest BCUT2D eigenvalue weighted by molar-refractivity contribution is 0.140. The summed E-state index contributed by atoms with van der Waals surface area (Å²) in [5.41, 5.74) is 6.77. The molecule has 0 aromatic heterocycles. The van der Waals surface area contributed by atoms with E-state index in [1.54, 1.807) is 7.11 Å². The summed E-state index contributed by atoms with van der Waals surface area (Å²) in [5, 5.41) is 9.58. The van der Waals surface area contributed by atoms with Gasteiger partial charge in [0.2, 0.25) is 0 Å². The minimum absolute atomic E-state index is 0. The molecule has 0 bridgehead atoms. The van der Waals surface area contributed by atoms with Crippen LogP contribution < -0.4 is 10.5 Å². The average molecular weight is 232 g/mol. The molecule has 0 spiro atoms. The lowest BCUT2D eigenvalue weighted by Gasteiger charge is -2.17. The van der Waals surface area contributed by atoms with E-state index in [9.17, 15) is 5.11 Å². The lowest BCUT2D eigenvalue weighted by Crippen LogP contribution is -2.25. The second kappa shape index (κ2) is 6.67. The number of hydrogen-bond acceptors (Lipinski definition) is 3. The minimum atomic E-state index is -0.498. The number of rotatable bonds is 4. The maximum Gasteiger partial charge on any atom is 0.119 e. The van der Waals surface area contributed by atoms with Gasteiger partial charge in [-0.2, -0.15) is 0 Å². The van der Waals surface area contributed by atoms with Crippen molar-refractivity contribution in [2.75, 3.05) is 7.11 Å². The number of methoxy groups -OCH3 is 1. The van der Waals surface area contributed by atoms with E-state index in [-0.39, 0.29) is 18.4 Å². The highest BCUT2D eigenvalue weighted by Crippen LogP contribution is 2.20. The van der Waals surface area contributed by atoms with Crippen molar-refractivity contribution in [3.63, 3.8) is 0 Å². The van der Waals surface area contributed by atoms with Gasteiger partial charge in [0.05, 0.1) is 19.3 Å². The van der Waals surface area contributed by atoms with Crippen LogP contribution in [0, 0.1) is 0 Å². The molecule has 86 valence electrons. The maximum absolute atomic E-state index is 9.58. The van der Waals surface area contributed by atoms with Crippen molar-refractivity contribution >= 4 is 12.4 Å². The van der Waals surface area contributed by atoms with Crippen LogP contribution in [0.4, 0.5) is 0 Å². The Hall–Kier alpha value is -0.770. The molecule has 4 heteroatoms. The Morgan fingerprint density at radius 3 is 2.67 bits per heavy atom. The lowest BCUT2D eigenvalue weighted by atomic mass is 10.0. The largest absolute Gasteiger partial charge is 0.497 e. The molecular formula is C11H18ClNO2. The molecular weight excluding hydrogens is 214 g/mol. The van der Waals surface area contributed by atoms with Gasteiger partial charge in [0.25, 0.3) is 0 Å². The minimum Gasteiger partial charge on any atom is -0.497 e. The highest BCUT2D eigenvalue weighted by molar-refractivity contribution is 5.85. The molecule has 3 nitrogen and oxygen atoms in total. The first kappa shape index (κ1) is 14.2. The van der Waals surface area contributed by atoms with Crippen LogP contribution in [0.2, 0.25) is 0 Å². The molecule has 0 saturated heterocycles. The van der Waals surface area contributed by atoms with Gasteiger partial charge >= 0.3 is 0 Å². The van der Waals surface area contributed by atoms with E-state index in [0.717, 1.165) is 11.3 Å². The number of benzene rings is 1. The van der Waals surface area contributed by atoms with Gasteiger partial charge in [-0.25, -0.2) is 0 Å². The zero-order chi connectivity index (χ0) is 10.6. The predicted octanol–water partition coefficient (Wildman–Crippen LogP) is 1.89. The topological polar surface area (TPSA) is 55.5 Å². The van der Waals surface area contributed by atoms with Crippen molar-refractivity contribution in [3.05, 3.63) is 29.8 Å². The fourth-order valence-corrected chi connectivity index (χ4v) is 1.32. The van der Waals surface area contributed by atoms with E-state index >= 15 is 0 Å². The molecule has 0 amide bonds. The fraction of sp³-hybridized carbons (Fsp3) is 0.455. The van der Waals surface area contributed by atoms with Crippen LogP contribution in [0.3, 0.4) is 0 Å². The fourth-order valence-electron chi connectivity index (χ4n) is 1.32. The number of nitrogens with two attached hydrogens (primary N) is 1. The van der Waals surface area contributed by atoms with E-state index in [4.69, 9.17) is 10.5 Å². The molecule has 1 rings (SSSR count). The summed E-state index contributed by atoms with van der Waals surface area (Å²) in [5.74, 6) is 0.765. The van der Waals surface area contributed by atoms with Crippen molar-refractivity contribution in [1.29, 1.82) is 0 Å². The molecule has 1 aromatic carbocycles. The van der Waals surface area contributed by atoms with Crippen molar-refractivity contribution < 1.29 is 9.84 Å². The molecule has 0 unspecified atom stereocenters. The Kier molecular flexibility index (Phi) is 6.32. The Balaban J connectivity index is 0.00000196. The van der Waals surface area contributed by atoms with E-state index < -0.39 is 6.10 Å². The smallest absolute Gasteiger partial charge is 0.119 e. The maximum atomic E-state index is 9.58. The van der Waals surface area contributed by atoms with Gasteiger partial charge in [0, 0.05) is 0 Å². The van der Waals surface area contributed by atoms with Gasteiger partial charge in [-0.1, -0.05) is 19.1 Å². The summed E-state index contributed by atoms with van der Waals surface area (Å²) in [7, 11) is 1.61. The summed E-state index contributed by atoms with van der Waals surface area (Å²) in [6.07, 6.45) is 0.153. The van der Waals surface area contributed by atoms with E-state index in [1.165, 1.54) is 0 Å². The van der Waals surface area contributed by atoms with Crippen molar-refractivity contribution in [2.24, 2.45) is 5.73 Å². The van der Waals surface area contributed by atoms with Crippen molar-refractivity contribution in [2.45, 2.75) is 25.5 Å². The number of ether oxygens (including phenoxy) is 1. The van der Waals surface area contributed by atoms with Crippen LogP contribution >= 0.6 is 12.4 Å². The molecule has 15 heavy (non-hydrogen) atoms. The standard InChI is InChI=1S/C11H17NO2.ClH/c1-3-10(13)11(12)8-5-4-6-9(7-8)14-2;/h4-7,10-11,13H,3,12H2,1-2H3;1H/t10-,11+;/m1./s1. The Labute approximate surface area is 96.7 Å². The van der Waals surface area contributed by atoms with E-state index in [1.807, 2.05) is 31.2 Å². The molecule has 2 atom stereocenters.